The number of hydrogen-bond acceptors (Lipinski definition) is 3. The molecule has 0 atom stereocenters. The number of carbonyl (C=O) groups is 1. The highest BCUT2D eigenvalue weighted by atomic mass is 79.9. The molecule has 0 saturated carbocycles. The predicted octanol–water partition coefficient (Wildman–Crippen LogP) is 3.32. The minimum absolute atomic E-state index is 0.0419. The van der Waals surface area contributed by atoms with Crippen molar-refractivity contribution < 1.29 is 13.6 Å². The number of hydrogen-bond donors (Lipinski definition) is 0. The summed E-state index contributed by atoms with van der Waals surface area (Å²) >= 11 is 3.50. The molecule has 0 unspecified atom stereocenters. The normalized spacial score (nSPS) is 22.2. The zero-order valence-corrected chi connectivity index (χ0v) is 14.4. The SMILES string of the molecule is O=C(C1CCN(c2ncccc2Br)CC1)N1CCC(F)(F)CC1. The van der Waals surface area contributed by atoms with E-state index in [9.17, 15) is 13.6 Å². The topological polar surface area (TPSA) is 36.4 Å². The van der Waals surface area contributed by atoms with Gasteiger partial charge in [-0.25, -0.2) is 13.8 Å². The van der Waals surface area contributed by atoms with Crippen molar-refractivity contribution in [2.45, 2.75) is 31.6 Å². The highest BCUT2D eigenvalue weighted by Crippen LogP contribution is 2.31. The first-order valence-corrected chi connectivity index (χ1v) is 8.78. The molecule has 0 aliphatic carbocycles. The smallest absolute Gasteiger partial charge is 0.251 e. The van der Waals surface area contributed by atoms with Crippen LogP contribution in [0, 0.1) is 5.92 Å². The Hall–Kier alpha value is -1.24. The van der Waals surface area contributed by atoms with Crippen LogP contribution >= 0.6 is 15.9 Å². The summed E-state index contributed by atoms with van der Waals surface area (Å²) in [6, 6.07) is 3.82. The molecule has 2 aliphatic heterocycles. The fourth-order valence-electron chi connectivity index (χ4n) is 3.26. The van der Waals surface area contributed by atoms with Crippen LogP contribution in [-0.4, -0.2) is 47.9 Å². The maximum atomic E-state index is 13.2. The standard InChI is InChI=1S/C16H20BrF2N3O/c17-13-2-1-7-20-14(13)21-8-3-12(4-9-21)15(23)22-10-5-16(18,19)6-11-22/h1-2,7,12H,3-6,8-11H2. The molecule has 2 saturated heterocycles. The van der Waals surface area contributed by atoms with E-state index in [-0.39, 0.29) is 37.8 Å². The first kappa shape index (κ1) is 16.6. The van der Waals surface area contributed by atoms with E-state index in [1.165, 1.54) is 0 Å². The quantitative estimate of drug-likeness (QED) is 0.780. The van der Waals surface area contributed by atoms with E-state index in [2.05, 4.69) is 25.8 Å². The second-order valence-electron chi connectivity index (χ2n) is 6.25. The Kier molecular flexibility index (Phi) is 4.85. The summed E-state index contributed by atoms with van der Waals surface area (Å²) < 4.78 is 27.4. The molecule has 3 rings (SSSR count). The summed E-state index contributed by atoms with van der Waals surface area (Å²) in [6.07, 6.45) is 2.83. The van der Waals surface area contributed by atoms with Crippen molar-refractivity contribution in [1.29, 1.82) is 0 Å². The third-order valence-electron chi connectivity index (χ3n) is 4.69. The van der Waals surface area contributed by atoms with Crippen LogP contribution in [0.5, 0.6) is 0 Å². The molecule has 1 amide bonds. The summed E-state index contributed by atoms with van der Waals surface area (Å²) in [6.45, 7) is 1.88. The Bertz CT molecular complexity index is 566. The number of pyridine rings is 1. The van der Waals surface area contributed by atoms with Gasteiger partial charge in [-0.2, -0.15) is 0 Å². The molecule has 4 nitrogen and oxygen atoms in total. The van der Waals surface area contributed by atoms with E-state index in [1.807, 2.05) is 12.1 Å². The number of halogens is 3. The Labute approximate surface area is 143 Å². The average molecular weight is 388 g/mol. The van der Waals surface area contributed by atoms with Crippen molar-refractivity contribution in [3.05, 3.63) is 22.8 Å². The van der Waals surface area contributed by atoms with Crippen LogP contribution < -0.4 is 4.90 Å². The van der Waals surface area contributed by atoms with Gasteiger partial charge in [-0.1, -0.05) is 0 Å². The Morgan fingerprint density at radius 1 is 1.22 bits per heavy atom. The Morgan fingerprint density at radius 2 is 1.87 bits per heavy atom. The fourth-order valence-corrected chi connectivity index (χ4v) is 3.77. The number of nitrogens with zero attached hydrogens (tertiary/aromatic N) is 3. The summed E-state index contributed by atoms with van der Waals surface area (Å²) in [4.78, 5) is 20.7. The van der Waals surface area contributed by atoms with Crippen molar-refractivity contribution in [2.24, 2.45) is 5.92 Å². The molecule has 0 aromatic carbocycles. The molecular formula is C16H20BrF2N3O. The van der Waals surface area contributed by atoms with Gasteiger partial charge in [-0.05, 0) is 40.9 Å². The van der Waals surface area contributed by atoms with Gasteiger partial charge in [0.05, 0.1) is 4.47 Å². The van der Waals surface area contributed by atoms with Crippen molar-refractivity contribution in [1.82, 2.24) is 9.88 Å². The number of likely N-dealkylation sites (tertiary alicyclic amines) is 1. The lowest BCUT2D eigenvalue weighted by Crippen LogP contribution is -2.47. The highest BCUT2D eigenvalue weighted by molar-refractivity contribution is 9.10. The monoisotopic (exact) mass is 387 g/mol. The number of aromatic nitrogens is 1. The van der Waals surface area contributed by atoms with Gasteiger partial charge < -0.3 is 9.80 Å². The third-order valence-corrected chi connectivity index (χ3v) is 5.31. The van der Waals surface area contributed by atoms with Crippen molar-refractivity contribution in [3.63, 3.8) is 0 Å². The van der Waals surface area contributed by atoms with E-state index >= 15 is 0 Å². The molecule has 0 radical (unpaired) electrons. The van der Waals surface area contributed by atoms with Crippen LogP contribution in [-0.2, 0) is 4.79 Å². The molecule has 2 fully saturated rings. The third kappa shape index (κ3) is 3.82. The Morgan fingerprint density at radius 3 is 2.48 bits per heavy atom. The first-order chi connectivity index (χ1) is 11.0. The molecule has 23 heavy (non-hydrogen) atoms. The first-order valence-electron chi connectivity index (χ1n) is 7.98. The number of piperidine rings is 2. The lowest BCUT2D eigenvalue weighted by atomic mass is 9.94. The zero-order valence-electron chi connectivity index (χ0n) is 12.9. The van der Waals surface area contributed by atoms with E-state index in [1.54, 1.807) is 11.1 Å². The van der Waals surface area contributed by atoms with Gasteiger partial charge in [0, 0.05) is 51.1 Å². The largest absolute Gasteiger partial charge is 0.356 e. The van der Waals surface area contributed by atoms with Gasteiger partial charge in [0.2, 0.25) is 5.91 Å². The number of alkyl halides is 2. The summed E-state index contributed by atoms with van der Waals surface area (Å²) in [5.41, 5.74) is 0. The number of amides is 1. The van der Waals surface area contributed by atoms with Gasteiger partial charge in [-0.3, -0.25) is 4.79 Å². The number of carbonyl (C=O) groups excluding carboxylic acids is 1. The van der Waals surface area contributed by atoms with E-state index in [4.69, 9.17) is 0 Å². The molecule has 1 aromatic heterocycles. The molecule has 3 heterocycles. The van der Waals surface area contributed by atoms with Crippen LogP contribution in [0.3, 0.4) is 0 Å². The lowest BCUT2D eigenvalue weighted by molar-refractivity contribution is -0.142. The maximum absolute atomic E-state index is 13.2. The predicted molar refractivity (Wildman–Crippen MR) is 87.6 cm³/mol. The van der Waals surface area contributed by atoms with Crippen LogP contribution in [0.1, 0.15) is 25.7 Å². The molecule has 126 valence electrons. The minimum Gasteiger partial charge on any atom is -0.356 e. The molecule has 0 bridgehead atoms. The van der Waals surface area contributed by atoms with Gasteiger partial charge in [-0.15, -0.1) is 0 Å². The summed E-state index contributed by atoms with van der Waals surface area (Å²) in [7, 11) is 0. The zero-order chi connectivity index (χ0) is 16.4. The molecule has 2 aliphatic rings. The minimum atomic E-state index is -2.61. The van der Waals surface area contributed by atoms with Gasteiger partial charge in [0.1, 0.15) is 5.82 Å². The van der Waals surface area contributed by atoms with Crippen molar-refractivity contribution in [3.8, 4) is 0 Å². The fraction of sp³-hybridized carbons (Fsp3) is 0.625. The molecule has 1 aromatic rings. The van der Waals surface area contributed by atoms with Gasteiger partial charge in [0.15, 0.2) is 0 Å². The highest BCUT2D eigenvalue weighted by Gasteiger charge is 2.38. The molecule has 0 N–H and O–H groups in total. The van der Waals surface area contributed by atoms with Crippen molar-refractivity contribution in [2.75, 3.05) is 31.1 Å². The van der Waals surface area contributed by atoms with Crippen LogP contribution in [0.25, 0.3) is 0 Å². The van der Waals surface area contributed by atoms with Crippen molar-refractivity contribution >= 4 is 27.7 Å². The van der Waals surface area contributed by atoms with Crippen LogP contribution in [0.4, 0.5) is 14.6 Å². The lowest BCUT2D eigenvalue weighted by Gasteiger charge is -2.37. The van der Waals surface area contributed by atoms with Gasteiger partial charge >= 0.3 is 0 Å². The maximum Gasteiger partial charge on any atom is 0.251 e. The van der Waals surface area contributed by atoms with E-state index in [0.29, 0.717) is 0 Å². The second-order valence-corrected chi connectivity index (χ2v) is 7.11. The van der Waals surface area contributed by atoms with Gasteiger partial charge in [0.25, 0.3) is 5.92 Å². The van der Waals surface area contributed by atoms with Crippen LogP contribution in [0.15, 0.2) is 22.8 Å². The molecule has 7 heteroatoms. The number of anilines is 1. The van der Waals surface area contributed by atoms with E-state index in [0.717, 1.165) is 36.2 Å². The summed E-state index contributed by atoms with van der Waals surface area (Å²) in [5, 5.41) is 0. The average Bonchev–Trinajstić information content (AvgIpc) is 2.55. The van der Waals surface area contributed by atoms with E-state index < -0.39 is 5.92 Å². The van der Waals surface area contributed by atoms with Crippen LogP contribution in [0.2, 0.25) is 0 Å². The Balaban J connectivity index is 1.55. The molecule has 0 spiro atoms. The number of rotatable bonds is 2. The summed E-state index contributed by atoms with van der Waals surface area (Å²) in [5.74, 6) is -1.72. The second kappa shape index (κ2) is 6.71. The molecular weight excluding hydrogens is 368 g/mol.